The van der Waals surface area contributed by atoms with Gasteiger partial charge in [0.05, 0.1) is 0 Å². The van der Waals surface area contributed by atoms with Crippen molar-refractivity contribution < 1.29 is 4.74 Å². The zero-order chi connectivity index (χ0) is 13.6. The summed E-state index contributed by atoms with van der Waals surface area (Å²) in [5.74, 6) is 0.751. The molecule has 0 radical (unpaired) electrons. The number of thiocarbonyl (C=S) groups is 1. The van der Waals surface area contributed by atoms with Crippen molar-refractivity contribution in [2.45, 2.75) is 40.5 Å². The Hall–Kier alpha value is -0.350. The van der Waals surface area contributed by atoms with Crippen LogP contribution in [0, 0.1) is 11.3 Å². The van der Waals surface area contributed by atoms with E-state index in [0.717, 1.165) is 50.3 Å². The molecule has 3 nitrogen and oxygen atoms in total. The van der Waals surface area contributed by atoms with Crippen molar-refractivity contribution in [1.82, 2.24) is 10.2 Å². The summed E-state index contributed by atoms with van der Waals surface area (Å²) in [5, 5.41) is 4.25. The second-order valence-corrected chi connectivity index (χ2v) is 6.47. The molecule has 1 aliphatic heterocycles. The second-order valence-electron chi connectivity index (χ2n) is 6.08. The van der Waals surface area contributed by atoms with Crippen molar-refractivity contribution in [2.24, 2.45) is 11.3 Å². The normalized spacial score (nSPS) is 20.2. The van der Waals surface area contributed by atoms with Gasteiger partial charge in [-0.05, 0) is 43.3 Å². The van der Waals surface area contributed by atoms with Crippen LogP contribution in [0.3, 0.4) is 0 Å². The predicted molar refractivity (Wildman–Crippen MR) is 80.8 cm³/mol. The largest absolute Gasteiger partial charge is 0.382 e. The molecule has 0 saturated carbocycles. The van der Waals surface area contributed by atoms with Gasteiger partial charge in [0.25, 0.3) is 0 Å². The Balaban J connectivity index is 2.20. The molecule has 0 aromatic carbocycles. The molecular formula is C14H28N2OS. The van der Waals surface area contributed by atoms with E-state index in [0.29, 0.717) is 5.41 Å². The highest BCUT2D eigenvalue weighted by Crippen LogP contribution is 2.33. The number of nitrogens with one attached hydrogen (secondary N) is 1. The molecule has 0 aromatic rings. The third-order valence-corrected chi connectivity index (χ3v) is 4.05. The van der Waals surface area contributed by atoms with Gasteiger partial charge in [-0.25, -0.2) is 0 Å². The highest BCUT2D eigenvalue weighted by atomic mass is 32.1. The topological polar surface area (TPSA) is 24.5 Å². The van der Waals surface area contributed by atoms with E-state index < -0.39 is 0 Å². The highest BCUT2D eigenvalue weighted by molar-refractivity contribution is 7.80. The summed E-state index contributed by atoms with van der Waals surface area (Å²) in [6.07, 6.45) is 2.27. The summed E-state index contributed by atoms with van der Waals surface area (Å²) in [7, 11) is 0. The molecule has 1 aliphatic rings. The minimum atomic E-state index is 0.388. The second kappa shape index (κ2) is 7.29. The summed E-state index contributed by atoms with van der Waals surface area (Å²) < 4.78 is 5.31. The van der Waals surface area contributed by atoms with Crippen LogP contribution in [0.1, 0.15) is 40.5 Å². The molecular weight excluding hydrogens is 244 g/mol. The van der Waals surface area contributed by atoms with Crippen LogP contribution in [0.2, 0.25) is 0 Å². The van der Waals surface area contributed by atoms with Crippen LogP contribution in [0.5, 0.6) is 0 Å². The van der Waals surface area contributed by atoms with Crippen molar-refractivity contribution in [3.05, 3.63) is 0 Å². The molecule has 0 aromatic heterocycles. The molecule has 0 spiro atoms. The van der Waals surface area contributed by atoms with Gasteiger partial charge in [-0.3, -0.25) is 0 Å². The lowest BCUT2D eigenvalue weighted by Gasteiger charge is -2.27. The molecule has 1 N–H and O–H groups in total. The van der Waals surface area contributed by atoms with Crippen molar-refractivity contribution >= 4 is 17.3 Å². The fraction of sp³-hybridized carbons (Fsp3) is 0.929. The van der Waals surface area contributed by atoms with Crippen molar-refractivity contribution in [2.75, 3.05) is 32.8 Å². The molecule has 1 unspecified atom stereocenters. The highest BCUT2D eigenvalue weighted by Gasteiger charge is 2.32. The van der Waals surface area contributed by atoms with Crippen LogP contribution in [0.4, 0.5) is 0 Å². The lowest BCUT2D eigenvalue weighted by molar-refractivity contribution is 0.145. The summed E-state index contributed by atoms with van der Waals surface area (Å²) in [5.41, 5.74) is 0.388. The summed E-state index contributed by atoms with van der Waals surface area (Å²) in [4.78, 5) is 2.31. The average Bonchev–Trinajstić information content (AvgIpc) is 2.77. The van der Waals surface area contributed by atoms with Gasteiger partial charge in [0, 0.05) is 32.8 Å². The van der Waals surface area contributed by atoms with E-state index in [-0.39, 0.29) is 0 Å². The molecule has 18 heavy (non-hydrogen) atoms. The van der Waals surface area contributed by atoms with Gasteiger partial charge >= 0.3 is 0 Å². The van der Waals surface area contributed by atoms with E-state index >= 15 is 0 Å². The summed E-state index contributed by atoms with van der Waals surface area (Å²) in [6.45, 7) is 13.7. The maximum absolute atomic E-state index is 5.44. The van der Waals surface area contributed by atoms with E-state index in [1.165, 1.54) is 6.42 Å². The first-order valence-electron chi connectivity index (χ1n) is 7.05. The number of likely N-dealkylation sites (tertiary alicyclic amines) is 1. The SMILES string of the molecule is CCOCCCNC(=S)N1CCC(C(C)(C)C)C1. The van der Waals surface area contributed by atoms with E-state index in [2.05, 4.69) is 31.0 Å². The van der Waals surface area contributed by atoms with Crippen LogP contribution in [-0.2, 0) is 4.74 Å². The number of rotatable bonds is 5. The fourth-order valence-electron chi connectivity index (χ4n) is 2.28. The first-order valence-corrected chi connectivity index (χ1v) is 7.46. The molecule has 0 bridgehead atoms. The van der Waals surface area contributed by atoms with E-state index in [4.69, 9.17) is 17.0 Å². The van der Waals surface area contributed by atoms with Crippen LogP contribution in [0.15, 0.2) is 0 Å². The Kier molecular flexibility index (Phi) is 6.36. The van der Waals surface area contributed by atoms with Crippen LogP contribution in [-0.4, -0.2) is 42.9 Å². The third-order valence-electron chi connectivity index (χ3n) is 3.65. The molecule has 0 amide bonds. The Labute approximate surface area is 117 Å². The molecule has 106 valence electrons. The van der Waals surface area contributed by atoms with Gasteiger partial charge in [0.1, 0.15) is 0 Å². The standard InChI is InChI=1S/C14H28N2OS/c1-5-17-10-6-8-15-13(18)16-9-7-12(11-16)14(2,3)4/h12H,5-11H2,1-4H3,(H,15,18). The summed E-state index contributed by atoms with van der Waals surface area (Å²) in [6, 6.07) is 0. The van der Waals surface area contributed by atoms with Gasteiger partial charge in [0.15, 0.2) is 5.11 Å². The maximum Gasteiger partial charge on any atom is 0.168 e. The number of ether oxygens (including phenoxy) is 1. The van der Waals surface area contributed by atoms with Crippen molar-refractivity contribution in [3.8, 4) is 0 Å². The lowest BCUT2D eigenvalue weighted by atomic mass is 9.80. The first kappa shape index (κ1) is 15.7. The Bertz CT molecular complexity index is 263. The first-order chi connectivity index (χ1) is 8.45. The Morgan fingerprint density at radius 2 is 2.17 bits per heavy atom. The molecule has 1 rings (SSSR count). The predicted octanol–water partition coefficient (Wildman–Crippen LogP) is 2.66. The maximum atomic E-state index is 5.44. The molecule has 1 atom stereocenters. The molecule has 1 fully saturated rings. The molecule has 4 heteroatoms. The lowest BCUT2D eigenvalue weighted by Crippen LogP contribution is -2.39. The smallest absolute Gasteiger partial charge is 0.168 e. The quantitative estimate of drug-likeness (QED) is 0.614. The number of hydrogen-bond donors (Lipinski definition) is 1. The molecule has 1 saturated heterocycles. The monoisotopic (exact) mass is 272 g/mol. The number of nitrogens with zero attached hydrogens (tertiary/aromatic N) is 1. The van der Waals surface area contributed by atoms with E-state index in [1.807, 2.05) is 6.92 Å². The Morgan fingerprint density at radius 1 is 1.44 bits per heavy atom. The fourth-order valence-corrected chi connectivity index (χ4v) is 2.55. The van der Waals surface area contributed by atoms with Crippen molar-refractivity contribution in [3.63, 3.8) is 0 Å². The Morgan fingerprint density at radius 3 is 2.72 bits per heavy atom. The van der Waals surface area contributed by atoms with E-state index in [9.17, 15) is 0 Å². The summed E-state index contributed by atoms with van der Waals surface area (Å²) >= 11 is 5.44. The van der Waals surface area contributed by atoms with Crippen LogP contribution < -0.4 is 5.32 Å². The zero-order valence-electron chi connectivity index (χ0n) is 12.3. The average molecular weight is 272 g/mol. The number of hydrogen-bond acceptors (Lipinski definition) is 2. The van der Waals surface area contributed by atoms with Crippen LogP contribution in [0.25, 0.3) is 0 Å². The minimum Gasteiger partial charge on any atom is -0.382 e. The van der Waals surface area contributed by atoms with E-state index in [1.54, 1.807) is 0 Å². The van der Waals surface area contributed by atoms with Crippen LogP contribution >= 0.6 is 12.2 Å². The van der Waals surface area contributed by atoms with Gasteiger partial charge in [-0.2, -0.15) is 0 Å². The van der Waals surface area contributed by atoms with Gasteiger partial charge in [0.2, 0.25) is 0 Å². The molecule has 0 aliphatic carbocycles. The van der Waals surface area contributed by atoms with Gasteiger partial charge < -0.3 is 15.0 Å². The van der Waals surface area contributed by atoms with Gasteiger partial charge in [-0.1, -0.05) is 20.8 Å². The van der Waals surface area contributed by atoms with Gasteiger partial charge in [-0.15, -0.1) is 0 Å². The zero-order valence-corrected chi connectivity index (χ0v) is 13.1. The van der Waals surface area contributed by atoms with Crippen molar-refractivity contribution in [1.29, 1.82) is 0 Å². The third kappa shape index (κ3) is 5.11. The molecule has 1 heterocycles. The minimum absolute atomic E-state index is 0.388.